The molecule has 1 heterocycles. The number of carbonyl (C=O) groups is 1. The predicted octanol–water partition coefficient (Wildman–Crippen LogP) is 2.97. The van der Waals surface area contributed by atoms with Gasteiger partial charge in [-0.1, -0.05) is 36.4 Å². The van der Waals surface area contributed by atoms with Crippen LogP contribution in [0.3, 0.4) is 0 Å². The van der Waals surface area contributed by atoms with Gasteiger partial charge in [0.05, 0.1) is 11.4 Å². The Morgan fingerprint density at radius 3 is 1.89 bits per heavy atom. The van der Waals surface area contributed by atoms with E-state index in [-0.39, 0.29) is 5.91 Å². The summed E-state index contributed by atoms with van der Waals surface area (Å²) in [7, 11) is 0. The van der Waals surface area contributed by atoms with Crippen molar-refractivity contribution in [3.05, 3.63) is 59.7 Å². The summed E-state index contributed by atoms with van der Waals surface area (Å²) in [4.78, 5) is 11.5. The van der Waals surface area contributed by atoms with Gasteiger partial charge >= 0.3 is 0 Å². The van der Waals surface area contributed by atoms with Gasteiger partial charge in [0.25, 0.3) is 0 Å². The van der Waals surface area contributed by atoms with Crippen molar-refractivity contribution < 1.29 is 4.79 Å². The van der Waals surface area contributed by atoms with Crippen molar-refractivity contribution in [2.45, 2.75) is 19.8 Å². The zero-order valence-electron chi connectivity index (χ0n) is 10.9. The number of hydrogen-bond donors (Lipinski definition) is 1. The van der Waals surface area contributed by atoms with E-state index in [1.807, 2.05) is 41.4 Å². The first kappa shape index (κ1) is 11.8. The highest BCUT2D eigenvalue weighted by molar-refractivity contribution is 5.80. The number of para-hydroxylation sites is 2. The first-order chi connectivity index (χ1) is 9.25. The molecule has 1 aliphatic heterocycles. The third-order valence-corrected chi connectivity index (χ3v) is 3.40. The Labute approximate surface area is 112 Å². The van der Waals surface area contributed by atoms with Crippen LogP contribution in [0.4, 0.5) is 11.4 Å². The predicted molar refractivity (Wildman–Crippen MR) is 76.2 cm³/mol. The molecule has 0 bridgehead atoms. The fourth-order valence-electron chi connectivity index (χ4n) is 2.56. The van der Waals surface area contributed by atoms with Crippen molar-refractivity contribution in [1.29, 1.82) is 0 Å². The van der Waals surface area contributed by atoms with Crippen LogP contribution in [0, 0.1) is 0 Å². The lowest BCUT2D eigenvalue weighted by molar-refractivity contribution is -0.118. The molecule has 0 unspecified atom stereocenters. The number of hydrazine groups is 1. The van der Waals surface area contributed by atoms with Gasteiger partial charge in [0.1, 0.15) is 0 Å². The average molecular weight is 252 g/mol. The molecule has 0 saturated carbocycles. The first-order valence-corrected chi connectivity index (χ1v) is 6.49. The molecular weight excluding hydrogens is 236 g/mol. The Morgan fingerprint density at radius 2 is 1.42 bits per heavy atom. The second kappa shape index (κ2) is 4.76. The summed E-state index contributed by atoms with van der Waals surface area (Å²) in [6, 6.07) is 16.4. The SMILES string of the molecule is CC(=O)NN1c2ccccc2CCc2ccccc21. The maximum Gasteiger partial charge on any atom is 0.235 e. The van der Waals surface area contributed by atoms with E-state index in [9.17, 15) is 4.79 Å². The van der Waals surface area contributed by atoms with Crippen molar-refractivity contribution in [1.82, 2.24) is 5.43 Å². The third-order valence-electron chi connectivity index (χ3n) is 3.40. The zero-order valence-corrected chi connectivity index (χ0v) is 10.9. The van der Waals surface area contributed by atoms with Crippen LogP contribution in [0.1, 0.15) is 18.1 Å². The van der Waals surface area contributed by atoms with E-state index in [0.29, 0.717) is 0 Å². The smallest absolute Gasteiger partial charge is 0.235 e. The van der Waals surface area contributed by atoms with E-state index in [1.165, 1.54) is 18.1 Å². The molecule has 96 valence electrons. The van der Waals surface area contributed by atoms with Crippen LogP contribution < -0.4 is 10.4 Å². The Kier molecular flexibility index (Phi) is 2.95. The molecule has 1 aliphatic rings. The molecule has 3 rings (SSSR count). The minimum Gasteiger partial charge on any atom is -0.274 e. The van der Waals surface area contributed by atoms with Crippen LogP contribution in [0.25, 0.3) is 0 Å². The van der Waals surface area contributed by atoms with Crippen LogP contribution in [0.2, 0.25) is 0 Å². The lowest BCUT2D eigenvalue weighted by Gasteiger charge is -2.26. The minimum atomic E-state index is -0.0634. The highest BCUT2D eigenvalue weighted by atomic mass is 16.2. The van der Waals surface area contributed by atoms with Gasteiger partial charge in [-0.3, -0.25) is 15.2 Å². The molecule has 1 N–H and O–H groups in total. The number of nitrogens with zero attached hydrogens (tertiary/aromatic N) is 1. The summed E-state index contributed by atoms with van der Waals surface area (Å²) >= 11 is 0. The highest BCUT2D eigenvalue weighted by Crippen LogP contribution is 2.34. The molecule has 19 heavy (non-hydrogen) atoms. The second-order valence-corrected chi connectivity index (χ2v) is 4.76. The number of hydrogen-bond acceptors (Lipinski definition) is 2. The second-order valence-electron chi connectivity index (χ2n) is 4.76. The lowest BCUT2D eigenvalue weighted by atomic mass is 10.0. The molecule has 2 aromatic carbocycles. The van der Waals surface area contributed by atoms with Gasteiger partial charge in [-0.25, -0.2) is 0 Å². The fourth-order valence-corrected chi connectivity index (χ4v) is 2.56. The summed E-state index contributed by atoms with van der Waals surface area (Å²) in [6.45, 7) is 1.54. The molecule has 2 aromatic rings. The van der Waals surface area contributed by atoms with Gasteiger partial charge in [0.15, 0.2) is 0 Å². The standard InChI is InChI=1S/C16H16N2O/c1-12(19)17-18-15-8-4-2-6-13(15)10-11-14-7-3-5-9-16(14)18/h2-9H,10-11H2,1H3,(H,17,19). The number of rotatable bonds is 1. The molecule has 0 radical (unpaired) electrons. The normalized spacial score (nSPS) is 13.2. The molecular formula is C16H16N2O. The monoisotopic (exact) mass is 252 g/mol. The Bertz CT molecular complexity index is 574. The number of anilines is 2. The molecule has 0 saturated heterocycles. The van der Waals surface area contributed by atoms with Crippen LogP contribution >= 0.6 is 0 Å². The molecule has 3 nitrogen and oxygen atoms in total. The fraction of sp³-hybridized carbons (Fsp3) is 0.188. The van der Waals surface area contributed by atoms with Crippen LogP contribution in [0.5, 0.6) is 0 Å². The summed E-state index contributed by atoms with van der Waals surface area (Å²) in [6.07, 6.45) is 1.98. The van der Waals surface area contributed by atoms with Crippen LogP contribution in [-0.4, -0.2) is 5.91 Å². The maximum absolute atomic E-state index is 11.5. The van der Waals surface area contributed by atoms with E-state index in [4.69, 9.17) is 0 Å². The van der Waals surface area contributed by atoms with Crippen molar-refractivity contribution in [3.8, 4) is 0 Å². The number of nitrogens with one attached hydrogen (secondary N) is 1. The van der Waals surface area contributed by atoms with Gasteiger partial charge in [-0.2, -0.15) is 0 Å². The number of fused-ring (bicyclic) bond motifs is 2. The van der Waals surface area contributed by atoms with Crippen molar-refractivity contribution in [3.63, 3.8) is 0 Å². The highest BCUT2D eigenvalue weighted by Gasteiger charge is 2.20. The van der Waals surface area contributed by atoms with E-state index in [0.717, 1.165) is 24.2 Å². The minimum absolute atomic E-state index is 0.0634. The molecule has 3 heteroatoms. The largest absolute Gasteiger partial charge is 0.274 e. The molecule has 0 fully saturated rings. The number of benzene rings is 2. The number of amides is 1. The van der Waals surface area contributed by atoms with Crippen LogP contribution in [0.15, 0.2) is 48.5 Å². The summed E-state index contributed by atoms with van der Waals surface area (Å²) in [5.41, 5.74) is 7.56. The van der Waals surface area contributed by atoms with Gasteiger partial charge in [-0.05, 0) is 36.1 Å². The van der Waals surface area contributed by atoms with Crippen molar-refractivity contribution in [2.75, 3.05) is 5.01 Å². The van der Waals surface area contributed by atoms with Gasteiger partial charge in [-0.15, -0.1) is 0 Å². The van der Waals surface area contributed by atoms with Crippen LogP contribution in [-0.2, 0) is 17.6 Å². The molecule has 1 amide bonds. The van der Waals surface area contributed by atoms with E-state index < -0.39 is 0 Å². The Balaban J connectivity index is 2.16. The summed E-state index contributed by atoms with van der Waals surface area (Å²) < 4.78 is 0. The Hall–Kier alpha value is -2.29. The molecule has 0 atom stereocenters. The average Bonchev–Trinajstić information content (AvgIpc) is 2.57. The number of carbonyl (C=O) groups excluding carboxylic acids is 1. The lowest BCUT2D eigenvalue weighted by Crippen LogP contribution is -2.37. The van der Waals surface area contributed by atoms with Crippen molar-refractivity contribution in [2.24, 2.45) is 0 Å². The topological polar surface area (TPSA) is 32.3 Å². The molecule has 0 aromatic heterocycles. The third kappa shape index (κ3) is 2.19. The van der Waals surface area contributed by atoms with Gasteiger partial charge in [0, 0.05) is 6.92 Å². The quantitative estimate of drug-likeness (QED) is 0.846. The molecule has 0 spiro atoms. The molecule has 0 aliphatic carbocycles. The Morgan fingerprint density at radius 1 is 0.947 bits per heavy atom. The zero-order chi connectivity index (χ0) is 13.2. The summed E-state index contributed by atoms with van der Waals surface area (Å²) in [5, 5.41) is 1.90. The van der Waals surface area contributed by atoms with Gasteiger partial charge in [0.2, 0.25) is 5.91 Å². The first-order valence-electron chi connectivity index (χ1n) is 6.49. The van der Waals surface area contributed by atoms with Crippen molar-refractivity contribution >= 4 is 17.3 Å². The van der Waals surface area contributed by atoms with Gasteiger partial charge < -0.3 is 0 Å². The van der Waals surface area contributed by atoms with E-state index in [2.05, 4.69) is 17.6 Å². The van der Waals surface area contributed by atoms with E-state index in [1.54, 1.807) is 0 Å². The maximum atomic E-state index is 11.5. The number of aryl methyl sites for hydroxylation is 2. The van der Waals surface area contributed by atoms with E-state index >= 15 is 0 Å². The summed E-state index contributed by atoms with van der Waals surface area (Å²) in [5.74, 6) is -0.0634.